The molecule has 0 radical (unpaired) electrons. The molecule has 128 valence electrons. The second-order valence-electron chi connectivity index (χ2n) is 5.87. The number of aryl methyl sites for hydroxylation is 1. The van der Waals surface area contributed by atoms with E-state index in [0.717, 1.165) is 29.7 Å². The summed E-state index contributed by atoms with van der Waals surface area (Å²) in [6.45, 7) is 4.89. The average Bonchev–Trinajstić information content (AvgIpc) is 2.58. The summed E-state index contributed by atoms with van der Waals surface area (Å²) in [5.74, 6) is 0.916. The minimum Gasteiger partial charge on any atom is -0.491 e. The molecule has 2 aromatic carbocycles. The number of nitrogens with one attached hydrogen (secondary N) is 1. The van der Waals surface area contributed by atoms with Crippen molar-refractivity contribution in [2.24, 2.45) is 0 Å². The van der Waals surface area contributed by atoms with Crippen molar-refractivity contribution in [2.75, 3.05) is 6.54 Å². The van der Waals surface area contributed by atoms with Crippen LogP contribution in [0.5, 0.6) is 5.75 Å². The maximum atomic E-state index is 11.7. The highest BCUT2D eigenvalue weighted by atomic mass is 16.5. The van der Waals surface area contributed by atoms with Crippen LogP contribution in [0.15, 0.2) is 54.6 Å². The van der Waals surface area contributed by atoms with Crippen LogP contribution in [0.2, 0.25) is 0 Å². The molecule has 4 nitrogen and oxygen atoms in total. The van der Waals surface area contributed by atoms with Crippen molar-refractivity contribution in [3.63, 3.8) is 0 Å². The molecule has 1 amide bonds. The number of rotatable bonds is 8. The predicted octanol–water partition coefficient (Wildman–Crippen LogP) is 4.33. The second kappa shape index (κ2) is 9.60. The lowest BCUT2D eigenvalue weighted by atomic mass is 10.1. The van der Waals surface area contributed by atoms with Gasteiger partial charge in [0.05, 0.1) is 6.10 Å². The van der Waals surface area contributed by atoms with Crippen LogP contribution in [0.1, 0.15) is 31.4 Å². The molecule has 0 aromatic heterocycles. The molecule has 0 aliphatic rings. The van der Waals surface area contributed by atoms with Gasteiger partial charge in [0.1, 0.15) is 12.4 Å². The number of carbonyl (C=O) groups is 1. The fourth-order valence-electron chi connectivity index (χ4n) is 2.32. The minimum absolute atomic E-state index is 0.150. The summed E-state index contributed by atoms with van der Waals surface area (Å²) in [5, 5.41) is 2.78. The number of alkyl carbamates (subject to hydrolysis) is 1. The van der Waals surface area contributed by atoms with Crippen LogP contribution in [0.4, 0.5) is 4.79 Å². The molecule has 0 unspecified atom stereocenters. The number of amides is 1. The largest absolute Gasteiger partial charge is 0.491 e. The normalized spacial score (nSPS) is 10.5. The van der Waals surface area contributed by atoms with Crippen LogP contribution in [0.25, 0.3) is 0 Å². The molecule has 0 aliphatic carbocycles. The Bertz CT molecular complexity index is 626. The Morgan fingerprint density at radius 3 is 2.50 bits per heavy atom. The van der Waals surface area contributed by atoms with Gasteiger partial charge in [0.15, 0.2) is 0 Å². The van der Waals surface area contributed by atoms with Crippen LogP contribution in [-0.4, -0.2) is 18.7 Å². The molecule has 0 bridgehead atoms. The van der Waals surface area contributed by atoms with Crippen molar-refractivity contribution in [2.45, 2.75) is 39.4 Å². The summed E-state index contributed by atoms with van der Waals surface area (Å²) in [5.41, 5.74) is 2.14. The molecule has 0 saturated heterocycles. The average molecular weight is 327 g/mol. The third kappa shape index (κ3) is 6.32. The number of hydrogen-bond donors (Lipinski definition) is 1. The maximum Gasteiger partial charge on any atom is 0.407 e. The third-order valence-corrected chi connectivity index (χ3v) is 3.44. The van der Waals surface area contributed by atoms with E-state index in [1.807, 2.05) is 62.4 Å². The van der Waals surface area contributed by atoms with Crippen LogP contribution < -0.4 is 10.1 Å². The molecule has 24 heavy (non-hydrogen) atoms. The van der Waals surface area contributed by atoms with Gasteiger partial charge in [0.25, 0.3) is 0 Å². The van der Waals surface area contributed by atoms with E-state index in [2.05, 4.69) is 11.4 Å². The van der Waals surface area contributed by atoms with E-state index in [1.54, 1.807) is 0 Å². The van der Waals surface area contributed by atoms with Gasteiger partial charge in [0, 0.05) is 6.54 Å². The Hall–Kier alpha value is -2.49. The minimum atomic E-state index is -0.384. The molecule has 0 atom stereocenters. The van der Waals surface area contributed by atoms with Gasteiger partial charge in [-0.2, -0.15) is 0 Å². The topological polar surface area (TPSA) is 47.6 Å². The van der Waals surface area contributed by atoms with E-state index in [9.17, 15) is 4.79 Å². The molecule has 2 aromatic rings. The van der Waals surface area contributed by atoms with Gasteiger partial charge in [0.2, 0.25) is 0 Å². The van der Waals surface area contributed by atoms with Gasteiger partial charge in [-0.1, -0.05) is 48.5 Å². The maximum absolute atomic E-state index is 11.7. The number of carbonyl (C=O) groups excluding carboxylic acids is 1. The summed E-state index contributed by atoms with van der Waals surface area (Å²) in [7, 11) is 0. The first-order chi connectivity index (χ1) is 11.6. The van der Waals surface area contributed by atoms with Crippen molar-refractivity contribution >= 4 is 6.09 Å². The monoisotopic (exact) mass is 327 g/mol. The number of ether oxygens (including phenoxy) is 2. The zero-order chi connectivity index (χ0) is 17.2. The van der Waals surface area contributed by atoms with Gasteiger partial charge in [-0.25, -0.2) is 4.79 Å². The Balaban J connectivity index is 1.68. The van der Waals surface area contributed by atoms with Gasteiger partial charge in [-0.3, -0.25) is 0 Å². The van der Waals surface area contributed by atoms with Gasteiger partial charge in [-0.15, -0.1) is 0 Å². The van der Waals surface area contributed by atoms with E-state index in [4.69, 9.17) is 9.47 Å². The molecule has 0 saturated carbocycles. The molecular weight excluding hydrogens is 302 g/mol. The number of hydrogen-bond acceptors (Lipinski definition) is 3. The Kier molecular flexibility index (Phi) is 7.15. The van der Waals surface area contributed by atoms with Crippen molar-refractivity contribution in [1.82, 2.24) is 5.32 Å². The Morgan fingerprint density at radius 2 is 1.75 bits per heavy atom. The summed E-state index contributed by atoms with van der Waals surface area (Å²) < 4.78 is 11.0. The molecule has 2 rings (SSSR count). The van der Waals surface area contributed by atoms with Crippen molar-refractivity contribution in [3.8, 4) is 5.75 Å². The summed E-state index contributed by atoms with van der Waals surface area (Å²) in [6, 6.07) is 17.7. The van der Waals surface area contributed by atoms with E-state index in [-0.39, 0.29) is 18.8 Å². The molecular formula is C20H25NO3. The van der Waals surface area contributed by atoms with Gasteiger partial charge >= 0.3 is 6.09 Å². The fraction of sp³-hybridized carbons (Fsp3) is 0.350. The first kappa shape index (κ1) is 17.9. The first-order valence-corrected chi connectivity index (χ1v) is 8.34. The second-order valence-corrected chi connectivity index (χ2v) is 5.87. The molecule has 0 heterocycles. The lowest BCUT2D eigenvalue weighted by Crippen LogP contribution is -2.25. The molecule has 0 spiro atoms. The number of para-hydroxylation sites is 1. The Morgan fingerprint density at radius 1 is 1.04 bits per heavy atom. The lowest BCUT2D eigenvalue weighted by molar-refractivity contribution is 0.139. The van der Waals surface area contributed by atoms with Crippen LogP contribution in [0, 0.1) is 0 Å². The SMILES string of the molecule is CC(C)Oc1ccccc1CCCNC(=O)OCc1ccccc1. The zero-order valence-corrected chi connectivity index (χ0v) is 14.3. The van der Waals surface area contributed by atoms with Crippen molar-refractivity contribution in [1.29, 1.82) is 0 Å². The van der Waals surface area contributed by atoms with Crippen molar-refractivity contribution < 1.29 is 14.3 Å². The lowest BCUT2D eigenvalue weighted by Gasteiger charge is -2.14. The first-order valence-electron chi connectivity index (χ1n) is 8.34. The summed E-state index contributed by atoms with van der Waals surface area (Å²) in [6.07, 6.45) is 1.45. The highest BCUT2D eigenvalue weighted by Crippen LogP contribution is 2.20. The van der Waals surface area contributed by atoms with E-state index < -0.39 is 0 Å². The van der Waals surface area contributed by atoms with Crippen LogP contribution >= 0.6 is 0 Å². The van der Waals surface area contributed by atoms with Crippen molar-refractivity contribution in [3.05, 3.63) is 65.7 Å². The standard InChI is InChI=1S/C20H25NO3/c1-16(2)24-19-13-7-6-11-18(19)12-8-14-21-20(22)23-15-17-9-4-3-5-10-17/h3-7,9-11,13,16H,8,12,14-15H2,1-2H3,(H,21,22). The molecule has 4 heteroatoms. The van der Waals surface area contributed by atoms with E-state index in [1.165, 1.54) is 0 Å². The van der Waals surface area contributed by atoms with E-state index >= 15 is 0 Å². The summed E-state index contributed by atoms with van der Waals surface area (Å²) >= 11 is 0. The highest BCUT2D eigenvalue weighted by molar-refractivity contribution is 5.67. The molecule has 1 N–H and O–H groups in total. The summed E-state index contributed by atoms with van der Waals surface area (Å²) in [4.78, 5) is 11.7. The zero-order valence-electron chi connectivity index (χ0n) is 14.3. The van der Waals surface area contributed by atoms with Crippen LogP contribution in [0.3, 0.4) is 0 Å². The third-order valence-electron chi connectivity index (χ3n) is 3.44. The fourth-order valence-corrected chi connectivity index (χ4v) is 2.32. The Labute approximate surface area is 143 Å². The predicted molar refractivity (Wildman–Crippen MR) is 95.2 cm³/mol. The molecule has 0 fully saturated rings. The van der Waals surface area contributed by atoms with Gasteiger partial charge < -0.3 is 14.8 Å². The quantitative estimate of drug-likeness (QED) is 0.734. The van der Waals surface area contributed by atoms with Gasteiger partial charge in [-0.05, 0) is 43.9 Å². The highest BCUT2D eigenvalue weighted by Gasteiger charge is 2.06. The number of benzene rings is 2. The smallest absolute Gasteiger partial charge is 0.407 e. The van der Waals surface area contributed by atoms with Crippen LogP contribution in [-0.2, 0) is 17.8 Å². The van der Waals surface area contributed by atoms with E-state index in [0.29, 0.717) is 6.54 Å². The molecule has 0 aliphatic heterocycles.